The second-order valence-corrected chi connectivity index (χ2v) is 7.84. The lowest BCUT2D eigenvalue weighted by molar-refractivity contribution is -0.122. The first-order valence-electron chi connectivity index (χ1n) is 10.2. The van der Waals surface area contributed by atoms with Crippen LogP contribution in [-0.4, -0.2) is 42.8 Å². The molecule has 0 aromatic heterocycles. The summed E-state index contributed by atoms with van der Waals surface area (Å²) < 4.78 is 0. The van der Waals surface area contributed by atoms with Crippen LogP contribution < -0.4 is 16.4 Å². The number of nitrogens with two attached hydrogens (primary N) is 1. The lowest BCUT2D eigenvalue weighted by Crippen LogP contribution is -2.46. The van der Waals surface area contributed by atoms with Gasteiger partial charge in [0.05, 0.1) is 0 Å². The number of rotatable bonds is 6. The van der Waals surface area contributed by atoms with E-state index < -0.39 is 0 Å². The van der Waals surface area contributed by atoms with Gasteiger partial charge >= 0.3 is 0 Å². The maximum atomic E-state index is 12.1. The Bertz CT molecular complexity index is 736. The molecule has 1 heterocycles. The van der Waals surface area contributed by atoms with Crippen LogP contribution >= 0.6 is 24.0 Å². The predicted octanol–water partition coefficient (Wildman–Crippen LogP) is 2.71. The molecule has 3 rings (SSSR count). The summed E-state index contributed by atoms with van der Waals surface area (Å²) in [6, 6.07) is 7.92. The fourth-order valence-corrected chi connectivity index (χ4v) is 3.90. The van der Waals surface area contributed by atoms with Crippen molar-refractivity contribution >= 4 is 47.4 Å². The van der Waals surface area contributed by atoms with Crippen molar-refractivity contribution in [1.29, 1.82) is 0 Å². The highest BCUT2D eigenvalue weighted by molar-refractivity contribution is 14.0. The summed E-state index contributed by atoms with van der Waals surface area (Å²) in [6.07, 6.45) is 5.63. The molecule has 1 unspecified atom stereocenters. The largest absolute Gasteiger partial charge is 0.370 e. The van der Waals surface area contributed by atoms with Crippen molar-refractivity contribution in [2.75, 3.05) is 25.5 Å². The van der Waals surface area contributed by atoms with E-state index in [1.165, 1.54) is 0 Å². The monoisotopic (exact) mass is 513 g/mol. The number of amides is 2. The molecule has 2 fully saturated rings. The lowest BCUT2D eigenvalue weighted by Gasteiger charge is -2.34. The minimum Gasteiger partial charge on any atom is -0.370 e. The van der Waals surface area contributed by atoms with Gasteiger partial charge in [0, 0.05) is 44.7 Å². The van der Waals surface area contributed by atoms with E-state index in [-0.39, 0.29) is 47.6 Å². The molecule has 8 heteroatoms. The molecule has 1 aliphatic heterocycles. The minimum atomic E-state index is -0.240. The van der Waals surface area contributed by atoms with Crippen LogP contribution in [-0.2, 0) is 16.1 Å². The molecule has 1 aliphatic carbocycles. The summed E-state index contributed by atoms with van der Waals surface area (Å²) in [6.45, 7) is 2.34. The van der Waals surface area contributed by atoms with Gasteiger partial charge in [-0.1, -0.05) is 18.6 Å². The molecule has 1 saturated carbocycles. The van der Waals surface area contributed by atoms with Crippen molar-refractivity contribution in [1.82, 2.24) is 10.2 Å². The predicted molar refractivity (Wildman–Crippen MR) is 126 cm³/mol. The van der Waals surface area contributed by atoms with Crippen LogP contribution in [0.25, 0.3) is 0 Å². The van der Waals surface area contributed by atoms with Gasteiger partial charge in [-0.2, -0.15) is 0 Å². The van der Waals surface area contributed by atoms with Gasteiger partial charge < -0.3 is 21.3 Å². The summed E-state index contributed by atoms with van der Waals surface area (Å²) in [5.74, 6) is 1.18. The zero-order valence-corrected chi connectivity index (χ0v) is 19.4. The molecule has 2 amide bonds. The average molecular weight is 513 g/mol. The average Bonchev–Trinajstić information content (AvgIpc) is 2.61. The number of primary amides is 1. The standard InChI is InChI=1S/C21H31N5O2.HI/c1-23-21(26-10-4-6-16(14-26)12-19(22)27)24-13-15-5-2-9-18(11-15)25-20(28)17-7-3-8-17;/h2,5,9,11,16-17H,3-4,6-8,10,12-14H2,1H3,(H2,22,27)(H,23,24)(H,25,28);1H. The number of hydrogen-bond acceptors (Lipinski definition) is 3. The third-order valence-electron chi connectivity index (χ3n) is 5.64. The number of anilines is 1. The Morgan fingerprint density at radius 3 is 2.69 bits per heavy atom. The normalized spacial score (nSPS) is 19.7. The summed E-state index contributed by atoms with van der Waals surface area (Å²) in [5, 5.41) is 6.42. The van der Waals surface area contributed by atoms with Gasteiger partial charge in [-0.25, -0.2) is 0 Å². The highest BCUT2D eigenvalue weighted by Gasteiger charge is 2.25. The van der Waals surface area contributed by atoms with Crippen molar-refractivity contribution in [2.24, 2.45) is 22.6 Å². The summed E-state index contributed by atoms with van der Waals surface area (Å²) in [5.41, 5.74) is 7.28. The molecule has 1 atom stereocenters. The quantitative estimate of drug-likeness (QED) is 0.310. The van der Waals surface area contributed by atoms with Crippen LogP contribution in [0.15, 0.2) is 29.3 Å². The Hall–Kier alpha value is -1.84. The van der Waals surface area contributed by atoms with Gasteiger partial charge in [-0.3, -0.25) is 14.6 Å². The zero-order chi connectivity index (χ0) is 19.9. The first kappa shape index (κ1) is 23.4. The molecule has 29 heavy (non-hydrogen) atoms. The molecular weight excluding hydrogens is 481 g/mol. The van der Waals surface area contributed by atoms with Gasteiger partial charge in [0.25, 0.3) is 0 Å². The first-order chi connectivity index (χ1) is 13.5. The number of nitrogens with zero attached hydrogens (tertiary/aromatic N) is 2. The highest BCUT2D eigenvalue weighted by Crippen LogP contribution is 2.27. The number of carbonyl (C=O) groups excluding carboxylic acids is 2. The topological polar surface area (TPSA) is 99.8 Å². The SMILES string of the molecule is CN=C(NCc1cccc(NC(=O)C2CCC2)c1)N1CCCC(CC(N)=O)C1.I. The maximum Gasteiger partial charge on any atom is 0.227 e. The van der Waals surface area contributed by atoms with Gasteiger partial charge in [-0.15, -0.1) is 24.0 Å². The number of benzene rings is 1. The van der Waals surface area contributed by atoms with E-state index >= 15 is 0 Å². The van der Waals surface area contributed by atoms with Crippen LogP contribution in [0.4, 0.5) is 5.69 Å². The van der Waals surface area contributed by atoms with Gasteiger partial charge in [0.1, 0.15) is 0 Å². The minimum absolute atomic E-state index is 0. The van der Waals surface area contributed by atoms with Crippen molar-refractivity contribution in [3.05, 3.63) is 29.8 Å². The van der Waals surface area contributed by atoms with Crippen LogP contribution in [0.1, 0.15) is 44.1 Å². The van der Waals surface area contributed by atoms with E-state index in [0.717, 1.165) is 62.4 Å². The van der Waals surface area contributed by atoms with E-state index in [4.69, 9.17) is 5.73 Å². The third-order valence-corrected chi connectivity index (χ3v) is 5.64. The van der Waals surface area contributed by atoms with Gasteiger partial charge in [0.15, 0.2) is 5.96 Å². The number of likely N-dealkylation sites (tertiary alicyclic amines) is 1. The molecule has 0 spiro atoms. The van der Waals surface area contributed by atoms with Gasteiger partial charge in [0.2, 0.25) is 11.8 Å². The Balaban J connectivity index is 0.00000300. The second kappa shape index (κ2) is 11.4. The fourth-order valence-electron chi connectivity index (χ4n) is 3.90. The second-order valence-electron chi connectivity index (χ2n) is 7.84. The van der Waals surface area contributed by atoms with E-state index in [1.54, 1.807) is 7.05 Å². The number of hydrogen-bond donors (Lipinski definition) is 3. The molecule has 4 N–H and O–H groups in total. The van der Waals surface area contributed by atoms with Crippen molar-refractivity contribution in [3.8, 4) is 0 Å². The van der Waals surface area contributed by atoms with E-state index in [2.05, 4.69) is 20.5 Å². The van der Waals surface area contributed by atoms with Crippen LogP contribution in [0.3, 0.4) is 0 Å². The third kappa shape index (κ3) is 6.87. The van der Waals surface area contributed by atoms with Crippen molar-refractivity contribution in [2.45, 2.75) is 45.1 Å². The van der Waals surface area contributed by atoms with Gasteiger partial charge in [-0.05, 0) is 49.3 Å². The smallest absolute Gasteiger partial charge is 0.227 e. The molecular formula is C21H32IN5O2. The fraction of sp³-hybridized carbons (Fsp3) is 0.571. The molecule has 160 valence electrons. The molecule has 1 aromatic rings. The van der Waals surface area contributed by atoms with Crippen LogP contribution in [0.5, 0.6) is 0 Å². The van der Waals surface area contributed by atoms with Crippen molar-refractivity contribution in [3.63, 3.8) is 0 Å². The zero-order valence-electron chi connectivity index (χ0n) is 17.0. The molecule has 7 nitrogen and oxygen atoms in total. The van der Waals surface area contributed by atoms with E-state index in [0.29, 0.717) is 13.0 Å². The molecule has 1 saturated heterocycles. The summed E-state index contributed by atoms with van der Waals surface area (Å²) >= 11 is 0. The van der Waals surface area contributed by atoms with Crippen LogP contribution in [0.2, 0.25) is 0 Å². The number of aliphatic imine (C=N–C) groups is 1. The molecule has 0 bridgehead atoms. The number of carbonyl (C=O) groups is 2. The summed E-state index contributed by atoms with van der Waals surface area (Å²) in [7, 11) is 1.77. The highest BCUT2D eigenvalue weighted by atomic mass is 127. The van der Waals surface area contributed by atoms with Crippen LogP contribution in [0, 0.1) is 11.8 Å². The molecule has 2 aliphatic rings. The molecule has 0 radical (unpaired) electrons. The number of nitrogens with one attached hydrogen (secondary N) is 2. The summed E-state index contributed by atoms with van der Waals surface area (Å²) in [4.78, 5) is 30.0. The van der Waals surface area contributed by atoms with E-state index in [9.17, 15) is 9.59 Å². The molecule has 1 aromatic carbocycles. The van der Waals surface area contributed by atoms with Crippen molar-refractivity contribution < 1.29 is 9.59 Å². The Labute approximate surface area is 189 Å². The number of guanidine groups is 1. The lowest BCUT2D eigenvalue weighted by atomic mass is 9.85. The Morgan fingerprint density at radius 2 is 2.03 bits per heavy atom. The number of piperidine rings is 1. The Kier molecular flexibility index (Phi) is 9.19. The number of halogens is 1. The van der Waals surface area contributed by atoms with E-state index in [1.807, 2.05) is 24.3 Å². The maximum absolute atomic E-state index is 12.1. The first-order valence-corrected chi connectivity index (χ1v) is 10.2. The Morgan fingerprint density at radius 1 is 1.24 bits per heavy atom.